The number of halogens is 1. The Morgan fingerprint density at radius 3 is 2.74 bits per heavy atom. The van der Waals surface area contributed by atoms with Crippen molar-refractivity contribution in [1.82, 2.24) is 5.32 Å². The van der Waals surface area contributed by atoms with E-state index < -0.39 is 24.0 Å². The molecule has 1 aliphatic rings. The van der Waals surface area contributed by atoms with Gasteiger partial charge in [-0.15, -0.1) is 0 Å². The molecule has 19 heavy (non-hydrogen) atoms. The Morgan fingerprint density at radius 2 is 2.26 bits per heavy atom. The molecule has 1 amide bonds. The molecule has 0 bridgehead atoms. The molecule has 4 N–H and O–H groups in total. The number of Topliss-reactive ketones (excluding diaryl/α,β-unsaturated/α-hetero) is 1. The third-order valence-electron chi connectivity index (χ3n) is 2.91. The number of carboxylic acids is 1. The summed E-state index contributed by atoms with van der Waals surface area (Å²) >= 11 is 5.73. The quantitative estimate of drug-likeness (QED) is 0.507. The van der Waals surface area contributed by atoms with Crippen LogP contribution in [0, 0.1) is 11.8 Å². The Hall–Kier alpha value is -1.40. The predicted molar refractivity (Wildman–Crippen MR) is 69.2 cm³/mol. The maximum Gasteiger partial charge on any atom is 0.316 e. The fourth-order valence-electron chi connectivity index (χ4n) is 1.95. The number of amides is 1. The summed E-state index contributed by atoms with van der Waals surface area (Å²) in [6.45, 7) is 1.55. The molecular weight excluding hydrogens is 272 g/mol. The number of hydrogen-bond donors (Lipinski definition) is 3. The molecule has 0 aliphatic heterocycles. The third-order valence-corrected chi connectivity index (χ3v) is 3.25. The van der Waals surface area contributed by atoms with E-state index in [0.29, 0.717) is 6.42 Å². The minimum absolute atomic E-state index is 0.109. The number of nitrogens with one attached hydrogen (secondary N) is 1. The molecule has 0 heterocycles. The fourth-order valence-corrected chi connectivity index (χ4v) is 2.23. The van der Waals surface area contributed by atoms with Crippen LogP contribution in [0.15, 0.2) is 11.1 Å². The van der Waals surface area contributed by atoms with E-state index in [1.54, 1.807) is 6.92 Å². The van der Waals surface area contributed by atoms with Crippen LogP contribution in [0.25, 0.3) is 0 Å². The van der Waals surface area contributed by atoms with Crippen molar-refractivity contribution in [2.24, 2.45) is 17.6 Å². The van der Waals surface area contributed by atoms with Gasteiger partial charge in [0.05, 0.1) is 11.2 Å². The SMILES string of the molecule is C[C@H](N)NC(=O)[C@@H](C[C@H]1C=C(Cl)C(=O)CC1)C(=O)O. The molecule has 0 aromatic heterocycles. The second-order valence-electron chi connectivity index (χ2n) is 4.66. The zero-order chi connectivity index (χ0) is 14.6. The number of allylic oxidation sites excluding steroid dienone is 2. The predicted octanol–water partition coefficient (Wildman–Crippen LogP) is 0.600. The monoisotopic (exact) mass is 288 g/mol. The number of carboxylic acid groups (broad SMARTS) is 1. The Labute approximate surface area is 116 Å². The van der Waals surface area contributed by atoms with Crippen LogP contribution in [0.4, 0.5) is 0 Å². The maximum absolute atomic E-state index is 11.7. The number of ketones is 1. The number of carbonyl (C=O) groups excluding carboxylic acids is 2. The Balaban J connectivity index is 2.72. The highest BCUT2D eigenvalue weighted by Gasteiger charge is 2.31. The van der Waals surface area contributed by atoms with Gasteiger partial charge in [0.15, 0.2) is 5.78 Å². The van der Waals surface area contributed by atoms with Gasteiger partial charge in [0, 0.05) is 6.42 Å². The lowest BCUT2D eigenvalue weighted by molar-refractivity contribution is -0.147. The summed E-state index contributed by atoms with van der Waals surface area (Å²) < 4.78 is 0. The summed E-state index contributed by atoms with van der Waals surface area (Å²) in [4.78, 5) is 34.1. The lowest BCUT2D eigenvalue weighted by Gasteiger charge is -2.21. The van der Waals surface area contributed by atoms with Gasteiger partial charge in [0.1, 0.15) is 5.92 Å². The molecule has 7 heteroatoms. The van der Waals surface area contributed by atoms with Crippen LogP contribution >= 0.6 is 11.6 Å². The van der Waals surface area contributed by atoms with Gasteiger partial charge in [-0.2, -0.15) is 0 Å². The topological polar surface area (TPSA) is 109 Å². The third kappa shape index (κ3) is 4.65. The summed E-state index contributed by atoms with van der Waals surface area (Å²) in [7, 11) is 0. The minimum atomic E-state index is -1.21. The number of rotatable bonds is 5. The van der Waals surface area contributed by atoms with E-state index >= 15 is 0 Å². The van der Waals surface area contributed by atoms with Crippen molar-refractivity contribution in [2.45, 2.75) is 32.4 Å². The van der Waals surface area contributed by atoms with Gasteiger partial charge in [-0.05, 0) is 25.7 Å². The smallest absolute Gasteiger partial charge is 0.316 e. The summed E-state index contributed by atoms with van der Waals surface area (Å²) in [5.41, 5.74) is 5.40. The molecule has 1 rings (SSSR count). The number of aliphatic carboxylic acids is 1. The molecule has 106 valence electrons. The summed E-state index contributed by atoms with van der Waals surface area (Å²) in [6, 6.07) is 0. The molecule has 0 radical (unpaired) electrons. The van der Waals surface area contributed by atoms with Crippen LogP contribution in [-0.2, 0) is 14.4 Å². The summed E-state index contributed by atoms with van der Waals surface area (Å²) in [5, 5.41) is 11.6. The first-order chi connectivity index (χ1) is 8.81. The Bertz CT molecular complexity index is 420. The van der Waals surface area contributed by atoms with Gasteiger partial charge in [0.2, 0.25) is 5.91 Å². The number of nitrogens with two attached hydrogens (primary N) is 1. The van der Waals surface area contributed by atoms with E-state index in [-0.39, 0.29) is 29.6 Å². The van der Waals surface area contributed by atoms with Gasteiger partial charge in [-0.3, -0.25) is 14.4 Å². The summed E-state index contributed by atoms with van der Waals surface area (Å²) in [6.07, 6.45) is 1.81. The molecule has 0 saturated carbocycles. The van der Waals surface area contributed by atoms with E-state index in [2.05, 4.69) is 5.32 Å². The van der Waals surface area contributed by atoms with Gasteiger partial charge in [-0.1, -0.05) is 17.7 Å². The van der Waals surface area contributed by atoms with Crippen molar-refractivity contribution in [1.29, 1.82) is 0 Å². The van der Waals surface area contributed by atoms with Crippen molar-refractivity contribution in [3.05, 3.63) is 11.1 Å². The molecule has 3 atom stereocenters. The van der Waals surface area contributed by atoms with Crippen LogP contribution in [0.1, 0.15) is 26.2 Å². The van der Waals surface area contributed by atoms with Crippen LogP contribution in [0.3, 0.4) is 0 Å². The fraction of sp³-hybridized carbons (Fsp3) is 0.583. The van der Waals surface area contributed by atoms with Gasteiger partial charge >= 0.3 is 5.97 Å². The van der Waals surface area contributed by atoms with Crippen molar-refractivity contribution in [3.63, 3.8) is 0 Å². The van der Waals surface area contributed by atoms with Gasteiger partial charge < -0.3 is 16.2 Å². The average Bonchev–Trinajstić information content (AvgIpc) is 2.29. The first kappa shape index (κ1) is 15.7. The van der Waals surface area contributed by atoms with Gasteiger partial charge in [-0.25, -0.2) is 0 Å². The molecule has 0 saturated heterocycles. The second kappa shape index (κ2) is 6.68. The van der Waals surface area contributed by atoms with E-state index in [9.17, 15) is 14.4 Å². The highest BCUT2D eigenvalue weighted by Crippen LogP contribution is 2.28. The maximum atomic E-state index is 11.7. The second-order valence-corrected chi connectivity index (χ2v) is 5.07. The van der Waals surface area contributed by atoms with Crippen LogP contribution in [-0.4, -0.2) is 28.9 Å². The minimum Gasteiger partial charge on any atom is -0.481 e. The first-order valence-corrected chi connectivity index (χ1v) is 6.38. The van der Waals surface area contributed by atoms with Crippen LogP contribution in [0.5, 0.6) is 0 Å². The standard InChI is InChI=1S/C12H17ClN2O4/c1-6(14)15-11(17)8(12(18)19)4-7-2-3-10(16)9(13)5-7/h5-8H,2-4,14H2,1H3,(H,15,17)(H,18,19)/t6-,7+,8-/m1/s1. The Kier molecular flexibility index (Phi) is 5.50. The van der Waals surface area contributed by atoms with Crippen molar-refractivity contribution in [3.8, 4) is 0 Å². The van der Waals surface area contributed by atoms with Gasteiger partial charge in [0.25, 0.3) is 0 Å². The van der Waals surface area contributed by atoms with Crippen molar-refractivity contribution < 1.29 is 19.5 Å². The van der Waals surface area contributed by atoms with E-state index in [0.717, 1.165) is 0 Å². The molecule has 0 spiro atoms. The van der Waals surface area contributed by atoms with Crippen molar-refractivity contribution >= 4 is 29.3 Å². The molecule has 0 fully saturated rings. The lowest BCUT2D eigenvalue weighted by Crippen LogP contribution is -2.44. The molecule has 0 aromatic rings. The molecule has 0 unspecified atom stereocenters. The number of hydrogen-bond acceptors (Lipinski definition) is 4. The summed E-state index contributed by atoms with van der Waals surface area (Å²) in [5.74, 6) is -3.36. The highest BCUT2D eigenvalue weighted by molar-refractivity contribution is 6.42. The highest BCUT2D eigenvalue weighted by atomic mass is 35.5. The zero-order valence-corrected chi connectivity index (χ0v) is 11.3. The lowest BCUT2D eigenvalue weighted by atomic mass is 9.86. The van der Waals surface area contributed by atoms with Crippen molar-refractivity contribution in [2.75, 3.05) is 0 Å². The molecule has 0 aromatic carbocycles. The van der Waals surface area contributed by atoms with E-state index in [1.165, 1.54) is 6.08 Å². The van der Waals surface area contributed by atoms with E-state index in [1.807, 2.05) is 0 Å². The molecular formula is C12H17ClN2O4. The first-order valence-electron chi connectivity index (χ1n) is 6.00. The average molecular weight is 289 g/mol. The largest absolute Gasteiger partial charge is 0.481 e. The Morgan fingerprint density at radius 1 is 1.63 bits per heavy atom. The zero-order valence-electron chi connectivity index (χ0n) is 10.6. The van der Waals surface area contributed by atoms with E-state index in [4.69, 9.17) is 22.4 Å². The molecule has 6 nitrogen and oxygen atoms in total. The normalized spacial score (nSPS) is 22.4. The molecule has 1 aliphatic carbocycles. The number of carbonyl (C=O) groups is 3. The van der Waals surface area contributed by atoms with Crippen LogP contribution < -0.4 is 11.1 Å². The van der Waals surface area contributed by atoms with Crippen LogP contribution in [0.2, 0.25) is 0 Å².